The van der Waals surface area contributed by atoms with Gasteiger partial charge >= 0.3 is 6.09 Å². The highest BCUT2D eigenvalue weighted by Crippen LogP contribution is 2.13. The highest BCUT2D eigenvalue weighted by atomic mass is 16.5. The predicted octanol–water partition coefficient (Wildman–Crippen LogP) is 2.91. The van der Waals surface area contributed by atoms with Crippen molar-refractivity contribution in [3.8, 4) is 5.75 Å². The third kappa shape index (κ3) is 9.72. The van der Waals surface area contributed by atoms with Crippen molar-refractivity contribution < 1.29 is 14.3 Å². The number of ether oxygens (including phenoxy) is 2. The number of amides is 1. The van der Waals surface area contributed by atoms with Gasteiger partial charge in [-0.3, -0.25) is 0 Å². The molecule has 1 rings (SSSR count). The highest BCUT2D eigenvalue weighted by Gasteiger charge is 2.15. The summed E-state index contributed by atoms with van der Waals surface area (Å²) < 4.78 is 10.2. The molecule has 0 radical (unpaired) electrons. The monoisotopic (exact) mass is 378 g/mol. The normalized spacial score (nSPS) is 12.4. The van der Waals surface area contributed by atoms with Crippen LogP contribution in [0.4, 0.5) is 4.79 Å². The van der Waals surface area contributed by atoms with Crippen LogP contribution < -0.4 is 20.7 Å². The molecule has 1 unspecified atom stereocenters. The number of methoxy groups -OCH3 is 1. The summed E-state index contributed by atoms with van der Waals surface area (Å²) >= 11 is 0. The van der Waals surface area contributed by atoms with E-state index >= 15 is 0 Å². The van der Waals surface area contributed by atoms with E-state index in [2.05, 4.69) is 34.8 Å². The molecule has 0 aliphatic rings. The SMILES string of the molecule is CCNC(=NCc1cccc(OC)c1)NCC(CC(C)C)NC(=O)OCC. The Morgan fingerprint density at radius 1 is 1.22 bits per heavy atom. The third-order valence-electron chi connectivity index (χ3n) is 3.77. The fraction of sp³-hybridized carbons (Fsp3) is 0.600. The average Bonchev–Trinajstić information content (AvgIpc) is 2.63. The van der Waals surface area contributed by atoms with Crippen molar-refractivity contribution >= 4 is 12.1 Å². The Labute approximate surface area is 162 Å². The van der Waals surface area contributed by atoms with Crippen LogP contribution in [0.2, 0.25) is 0 Å². The third-order valence-corrected chi connectivity index (χ3v) is 3.77. The lowest BCUT2D eigenvalue weighted by molar-refractivity contribution is 0.146. The Balaban J connectivity index is 2.69. The van der Waals surface area contributed by atoms with Crippen molar-refractivity contribution in [2.24, 2.45) is 10.9 Å². The molecular weight excluding hydrogens is 344 g/mol. The molecule has 1 aromatic carbocycles. The van der Waals surface area contributed by atoms with E-state index in [1.165, 1.54) is 0 Å². The van der Waals surface area contributed by atoms with Crippen molar-refractivity contribution in [3.05, 3.63) is 29.8 Å². The molecule has 3 N–H and O–H groups in total. The van der Waals surface area contributed by atoms with E-state index in [1.807, 2.05) is 31.2 Å². The van der Waals surface area contributed by atoms with E-state index in [9.17, 15) is 4.79 Å². The van der Waals surface area contributed by atoms with E-state index < -0.39 is 0 Å². The summed E-state index contributed by atoms with van der Waals surface area (Å²) in [7, 11) is 1.65. The number of carbonyl (C=O) groups is 1. The van der Waals surface area contributed by atoms with Crippen molar-refractivity contribution in [2.45, 2.75) is 46.7 Å². The number of alkyl carbamates (subject to hydrolysis) is 1. The zero-order valence-electron chi connectivity index (χ0n) is 17.2. The number of aliphatic imine (C=N–C) groups is 1. The van der Waals surface area contributed by atoms with Gasteiger partial charge in [0.2, 0.25) is 0 Å². The number of nitrogens with zero attached hydrogens (tertiary/aromatic N) is 1. The summed E-state index contributed by atoms with van der Waals surface area (Å²) in [5.41, 5.74) is 1.06. The minimum atomic E-state index is -0.386. The van der Waals surface area contributed by atoms with Gasteiger partial charge in [-0.15, -0.1) is 0 Å². The molecule has 27 heavy (non-hydrogen) atoms. The number of hydrogen-bond acceptors (Lipinski definition) is 4. The first-order chi connectivity index (χ1) is 13.0. The van der Waals surface area contributed by atoms with Crippen molar-refractivity contribution in [3.63, 3.8) is 0 Å². The van der Waals surface area contributed by atoms with Gasteiger partial charge in [-0.1, -0.05) is 26.0 Å². The molecule has 0 aliphatic heterocycles. The van der Waals surface area contributed by atoms with Crippen LogP contribution in [0.15, 0.2) is 29.3 Å². The van der Waals surface area contributed by atoms with Crippen LogP contribution in [0.5, 0.6) is 5.75 Å². The predicted molar refractivity (Wildman–Crippen MR) is 109 cm³/mol. The van der Waals surface area contributed by atoms with E-state index in [0.29, 0.717) is 31.6 Å². The molecule has 0 spiro atoms. The lowest BCUT2D eigenvalue weighted by Crippen LogP contribution is -2.47. The van der Waals surface area contributed by atoms with Crippen LogP contribution in [0.3, 0.4) is 0 Å². The molecular formula is C20H34N4O3. The average molecular weight is 379 g/mol. The minimum absolute atomic E-state index is 0.0373. The molecule has 1 amide bonds. The zero-order valence-corrected chi connectivity index (χ0v) is 17.2. The first-order valence-electron chi connectivity index (χ1n) is 9.56. The smallest absolute Gasteiger partial charge is 0.407 e. The maximum Gasteiger partial charge on any atom is 0.407 e. The summed E-state index contributed by atoms with van der Waals surface area (Å²) in [4.78, 5) is 16.4. The van der Waals surface area contributed by atoms with Gasteiger partial charge in [-0.05, 0) is 43.9 Å². The maximum absolute atomic E-state index is 11.8. The maximum atomic E-state index is 11.8. The van der Waals surface area contributed by atoms with E-state index in [4.69, 9.17) is 9.47 Å². The quantitative estimate of drug-likeness (QED) is 0.431. The van der Waals surface area contributed by atoms with Gasteiger partial charge < -0.3 is 25.4 Å². The summed E-state index contributed by atoms with van der Waals surface area (Å²) in [6.45, 7) is 10.3. The molecule has 0 aromatic heterocycles. The molecule has 0 aliphatic carbocycles. The molecule has 152 valence electrons. The van der Waals surface area contributed by atoms with Crippen LogP contribution in [0.1, 0.15) is 39.7 Å². The van der Waals surface area contributed by atoms with Gasteiger partial charge in [0.1, 0.15) is 5.75 Å². The first-order valence-corrected chi connectivity index (χ1v) is 9.56. The molecule has 7 nitrogen and oxygen atoms in total. The van der Waals surface area contributed by atoms with Crippen molar-refractivity contribution in [1.29, 1.82) is 0 Å². The Hall–Kier alpha value is -2.44. The fourth-order valence-electron chi connectivity index (χ4n) is 2.60. The molecule has 1 atom stereocenters. The first kappa shape index (κ1) is 22.6. The summed E-state index contributed by atoms with van der Waals surface area (Å²) in [6.07, 6.45) is 0.462. The van der Waals surface area contributed by atoms with Gasteiger partial charge in [-0.2, -0.15) is 0 Å². The van der Waals surface area contributed by atoms with Gasteiger partial charge in [-0.25, -0.2) is 9.79 Å². The Kier molecular flexibility index (Phi) is 10.7. The van der Waals surface area contributed by atoms with Crippen LogP contribution in [-0.2, 0) is 11.3 Å². The summed E-state index contributed by atoms with van der Waals surface area (Å²) in [5.74, 6) is 1.98. The molecule has 0 fully saturated rings. The van der Waals surface area contributed by atoms with Gasteiger partial charge in [0.05, 0.1) is 20.3 Å². The van der Waals surface area contributed by atoms with Gasteiger partial charge in [0.15, 0.2) is 5.96 Å². The number of benzene rings is 1. The van der Waals surface area contributed by atoms with Crippen LogP contribution in [0.25, 0.3) is 0 Å². The van der Waals surface area contributed by atoms with Gasteiger partial charge in [0, 0.05) is 19.1 Å². The highest BCUT2D eigenvalue weighted by molar-refractivity contribution is 5.79. The van der Waals surface area contributed by atoms with Crippen molar-refractivity contribution in [1.82, 2.24) is 16.0 Å². The number of carbonyl (C=O) groups excluding carboxylic acids is 1. The number of nitrogens with one attached hydrogen (secondary N) is 3. The summed E-state index contributed by atoms with van der Waals surface area (Å²) in [5, 5.41) is 9.45. The molecule has 0 bridgehead atoms. The number of hydrogen-bond donors (Lipinski definition) is 3. The Morgan fingerprint density at radius 2 is 2.00 bits per heavy atom. The lowest BCUT2D eigenvalue weighted by Gasteiger charge is -2.22. The van der Waals surface area contributed by atoms with E-state index in [1.54, 1.807) is 14.0 Å². The van der Waals surface area contributed by atoms with Crippen molar-refractivity contribution in [2.75, 3.05) is 26.8 Å². The standard InChI is InChI=1S/C20H34N4O3/c1-6-21-19(22-13-16-9-8-10-18(12-16)26-5)23-14-17(11-15(3)4)24-20(25)27-7-2/h8-10,12,15,17H,6-7,11,13-14H2,1-5H3,(H,24,25)(H2,21,22,23). The van der Waals surface area contributed by atoms with E-state index in [0.717, 1.165) is 24.3 Å². The Bertz CT molecular complexity index is 590. The number of rotatable bonds is 10. The fourth-order valence-corrected chi connectivity index (χ4v) is 2.60. The molecule has 0 saturated heterocycles. The van der Waals surface area contributed by atoms with Crippen LogP contribution >= 0.6 is 0 Å². The second-order valence-electron chi connectivity index (χ2n) is 6.62. The molecule has 7 heteroatoms. The number of guanidine groups is 1. The van der Waals surface area contributed by atoms with Crippen LogP contribution in [-0.4, -0.2) is 44.9 Å². The molecule has 0 heterocycles. The topological polar surface area (TPSA) is 84.0 Å². The van der Waals surface area contributed by atoms with Gasteiger partial charge in [0.25, 0.3) is 0 Å². The van der Waals surface area contributed by atoms with E-state index in [-0.39, 0.29) is 12.1 Å². The Morgan fingerprint density at radius 3 is 2.63 bits per heavy atom. The molecule has 1 aromatic rings. The minimum Gasteiger partial charge on any atom is -0.497 e. The summed E-state index contributed by atoms with van der Waals surface area (Å²) in [6, 6.07) is 7.81. The second kappa shape index (κ2) is 12.8. The lowest BCUT2D eigenvalue weighted by atomic mass is 10.0. The zero-order chi connectivity index (χ0) is 20.1. The van der Waals surface area contributed by atoms with Crippen LogP contribution in [0, 0.1) is 5.92 Å². The second-order valence-corrected chi connectivity index (χ2v) is 6.62. The largest absolute Gasteiger partial charge is 0.497 e. The molecule has 0 saturated carbocycles.